The van der Waals surface area contributed by atoms with Crippen molar-refractivity contribution < 1.29 is 18.7 Å². The zero-order valence-electron chi connectivity index (χ0n) is 17.1. The van der Waals surface area contributed by atoms with Crippen LogP contribution in [0, 0.1) is 6.92 Å². The molecule has 0 saturated carbocycles. The van der Waals surface area contributed by atoms with E-state index in [0.29, 0.717) is 28.4 Å². The average molecular weight is 410 g/mol. The molecule has 0 saturated heterocycles. The van der Waals surface area contributed by atoms with Crippen LogP contribution in [0.1, 0.15) is 24.4 Å². The summed E-state index contributed by atoms with van der Waals surface area (Å²) in [4.78, 5) is 25.8. The third-order valence-corrected chi connectivity index (χ3v) is 5.11. The largest absolute Gasteiger partial charge is 0.493 e. The smallest absolute Gasteiger partial charge is 0.291 e. The molecule has 0 fully saturated rings. The Morgan fingerprint density at radius 3 is 2.77 bits per heavy atom. The molecule has 3 aromatic heterocycles. The van der Waals surface area contributed by atoms with Crippen LogP contribution in [-0.4, -0.2) is 34.3 Å². The fourth-order valence-corrected chi connectivity index (χ4v) is 3.59. The van der Waals surface area contributed by atoms with E-state index in [0.717, 1.165) is 11.1 Å². The number of aromatic nitrogens is 3. The first-order valence-corrected chi connectivity index (χ1v) is 9.42. The maximum absolute atomic E-state index is 13.0. The number of hydrogen-bond donors (Lipinski definition) is 1. The summed E-state index contributed by atoms with van der Waals surface area (Å²) in [7, 11) is 3.10. The second kappa shape index (κ2) is 7.58. The van der Waals surface area contributed by atoms with Crippen molar-refractivity contribution in [3.63, 3.8) is 0 Å². The van der Waals surface area contributed by atoms with Gasteiger partial charge in [0, 0.05) is 24.2 Å². The molecule has 30 heavy (non-hydrogen) atoms. The van der Waals surface area contributed by atoms with Crippen LogP contribution in [0.25, 0.3) is 16.6 Å². The van der Waals surface area contributed by atoms with E-state index >= 15 is 0 Å². The van der Waals surface area contributed by atoms with Crippen LogP contribution in [0.5, 0.6) is 11.5 Å². The molecule has 0 aliphatic carbocycles. The molecular weight excluding hydrogens is 388 g/mol. The van der Waals surface area contributed by atoms with Gasteiger partial charge in [0.2, 0.25) is 5.91 Å². The van der Waals surface area contributed by atoms with Crippen LogP contribution in [0.2, 0.25) is 0 Å². The number of rotatable bonds is 6. The summed E-state index contributed by atoms with van der Waals surface area (Å²) in [5.41, 5.74) is 2.16. The monoisotopic (exact) mass is 410 g/mol. The van der Waals surface area contributed by atoms with Crippen LogP contribution >= 0.6 is 0 Å². The van der Waals surface area contributed by atoms with Crippen molar-refractivity contribution in [2.75, 3.05) is 14.2 Å². The molecule has 0 aliphatic heterocycles. The fraction of sp³-hybridized carbons (Fsp3) is 0.286. The van der Waals surface area contributed by atoms with E-state index in [1.54, 1.807) is 56.9 Å². The molecule has 4 aromatic rings. The molecule has 0 aliphatic rings. The highest BCUT2D eigenvalue weighted by Crippen LogP contribution is 2.30. The number of carbonyl (C=O) groups excluding carboxylic acids is 1. The van der Waals surface area contributed by atoms with Crippen LogP contribution < -0.4 is 20.3 Å². The molecule has 0 bridgehead atoms. The molecule has 1 atom stereocenters. The van der Waals surface area contributed by atoms with Gasteiger partial charge in [-0.1, -0.05) is 12.1 Å². The van der Waals surface area contributed by atoms with Gasteiger partial charge in [-0.25, -0.2) is 4.68 Å². The van der Waals surface area contributed by atoms with Crippen molar-refractivity contribution in [2.45, 2.75) is 26.4 Å². The number of para-hydroxylation sites is 1. The second-order valence-electron chi connectivity index (χ2n) is 6.88. The van der Waals surface area contributed by atoms with Gasteiger partial charge in [-0.3, -0.25) is 14.0 Å². The summed E-state index contributed by atoms with van der Waals surface area (Å²) >= 11 is 0. The summed E-state index contributed by atoms with van der Waals surface area (Å²) in [5.74, 6) is 1.37. The lowest BCUT2D eigenvalue weighted by molar-refractivity contribution is -0.124. The standard InChI is InChI=1S/C21H22N4O5/c1-12(20(26)22-11-14-6-5-7-17(28-3)19(14)29-4)25-21(27)16-10-18-15(8-9-30-18)24(16)13(2)23-25/h5-10,12H,11H2,1-4H3,(H,22,26). The van der Waals surface area contributed by atoms with Gasteiger partial charge in [0.25, 0.3) is 5.56 Å². The van der Waals surface area contributed by atoms with Gasteiger partial charge in [-0.2, -0.15) is 5.10 Å². The maximum Gasteiger partial charge on any atom is 0.291 e. The van der Waals surface area contributed by atoms with Gasteiger partial charge in [-0.05, 0) is 19.9 Å². The Balaban J connectivity index is 1.61. The third-order valence-electron chi connectivity index (χ3n) is 5.11. The highest BCUT2D eigenvalue weighted by atomic mass is 16.5. The minimum absolute atomic E-state index is 0.220. The summed E-state index contributed by atoms with van der Waals surface area (Å²) in [6.07, 6.45) is 1.56. The maximum atomic E-state index is 13.0. The number of hydrogen-bond acceptors (Lipinski definition) is 6. The van der Waals surface area contributed by atoms with Gasteiger partial charge in [0.05, 0.1) is 26.0 Å². The number of aryl methyl sites for hydroxylation is 1. The lowest BCUT2D eigenvalue weighted by atomic mass is 10.1. The molecule has 1 unspecified atom stereocenters. The predicted octanol–water partition coefficient (Wildman–Crippen LogP) is 2.45. The van der Waals surface area contributed by atoms with Crippen LogP contribution in [0.15, 0.2) is 45.8 Å². The lowest BCUT2D eigenvalue weighted by Crippen LogP contribution is -2.38. The molecule has 4 rings (SSSR count). The lowest BCUT2D eigenvalue weighted by Gasteiger charge is -2.17. The van der Waals surface area contributed by atoms with Crippen LogP contribution in [-0.2, 0) is 11.3 Å². The predicted molar refractivity (Wildman–Crippen MR) is 110 cm³/mol. The summed E-state index contributed by atoms with van der Waals surface area (Å²) in [6, 6.07) is 8.06. The van der Waals surface area contributed by atoms with Crippen LogP contribution in [0.3, 0.4) is 0 Å². The third kappa shape index (κ3) is 3.08. The Labute approximate surface area is 171 Å². The first-order chi connectivity index (χ1) is 14.5. The molecule has 9 heteroatoms. The topological polar surface area (TPSA) is 100 Å². The number of amides is 1. The van der Waals surface area contributed by atoms with E-state index in [1.807, 2.05) is 12.1 Å². The van der Waals surface area contributed by atoms with Gasteiger partial charge in [0.1, 0.15) is 17.4 Å². The SMILES string of the molecule is COc1cccc(CNC(=O)C(C)n2nc(C)n3c(cc4occc43)c2=O)c1OC. The molecule has 0 radical (unpaired) electrons. The number of ether oxygens (including phenoxy) is 2. The number of nitrogens with zero attached hydrogens (tertiary/aromatic N) is 3. The number of benzene rings is 1. The molecule has 3 heterocycles. The van der Waals surface area contributed by atoms with Crippen molar-refractivity contribution >= 4 is 22.5 Å². The molecule has 156 valence electrons. The van der Waals surface area contributed by atoms with E-state index in [9.17, 15) is 9.59 Å². The normalized spacial score (nSPS) is 12.3. The van der Waals surface area contributed by atoms with Gasteiger partial charge >= 0.3 is 0 Å². The number of methoxy groups -OCH3 is 2. The highest BCUT2D eigenvalue weighted by Gasteiger charge is 2.22. The Morgan fingerprint density at radius 1 is 1.23 bits per heavy atom. The van der Waals surface area contributed by atoms with E-state index in [4.69, 9.17) is 13.9 Å². The Hall–Kier alpha value is -3.75. The number of furan rings is 1. The van der Waals surface area contributed by atoms with Gasteiger partial charge < -0.3 is 19.2 Å². The molecule has 1 N–H and O–H groups in total. The van der Waals surface area contributed by atoms with Crippen molar-refractivity contribution in [2.24, 2.45) is 0 Å². The number of nitrogens with one attached hydrogen (secondary N) is 1. The second-order valence-corrected chi connectivity index (χ2v) is 6.88. The minimum atomic E-state index is -0.806. The Bertz CT molecular complexity index is 1300. The number of fused-ring (bicyclic) bond motifs is 3. The van der Waals surface area contributed by atoms with E-state index < -0.39 is 6.04 Å². The first kappa shape index (κ1) is 19.6. The van der Waals surface area contributed by atoms with Gasteiger partial charge in [-0.15, -0.1) is 0 Å². The Morgan fingerprint density at radius 2 is 2.03 bits per heavy atom. The summed E-state index contributed by atoms with van der Waals surface area (Å²) in [6.45, 7) is 3.63. The van der Waals surface area contributed by atoms with Gasteiger partial charge in [0.15, 0.2) is 17.1 Å². The minimum Gasteiger partial charge on any atom is -0.493 e. The van der Waals surface area contributed by atoms with Crippen molar-refractivity contribution in [1.82, 2.24) is 19.5 Å². The highest BCUT2D eigenvalue weighted by molar-refractivity contribution is 5.83. The first-order valence-electron chi connectivity index (χ1n) is 9.42. The zero-order valence-corrected chi connectivity index (χ0v) is 17.1. The molecule has 1 amide bonds. The zero-order chi connectivity index (χ0) is 21.4. The van der Waals surface area contributed by atoms with E-state index in [-0.39, 0.29) is 18.0 Å². The molecule has 1 aromatic carbocycles. The van der Waals surface area contributed by atoms with Crippen LogP contribution in [0.4, 0.5) is 0 Å². The van der Waals surface area contributed by atoms with Crippen molar-refractivity contribution in [3.05, 3.63) is 58.3 Å². The van der Waals surface area contributed by atoms with E-state index in [2.05, 4.69) is 10.4 Å². The van der Waals surface area contributed by atoms with Crippen molar-refractivity contribution in [3.8, 4) is 11.5 Å². The number of carbonyl (C=O) groups is 1. The fourth-order valence-electron chi connectivity index (χ4n) is 3.59. The summed E-state index contributed by atoms with van der Waals surface area (Å²) < 4.78 is 19.0. The summed E-state index contributed by atoms with van der Waals surface area (Å²) in [5, 5.41) is 7.20. The Kier molecular flexibility index (Phi) is 4.94. The average Bonchev–Trinajstić information content (AvgIpc) is 3.35. The quantitative estimate of drug-likeness (QED) is 0.524. The van der Waals surface area contributed by atoms with Crippen molar-refractivity contribution in [1.29, 1.82) is 0 Å². The molecule has 9 nitrogen and oxygen atoms in total. The van der Waals surface area contributed by atoms with E-state index in [1.165, 1.54) is 4.68 Å². The molecule has 0 spiro atoms. The molecular formula is C21H22N4O5.